The van der Waals surface area contributed by atoms with Gasteiger partial charge in [0.2, 0.25) is 0 Å². The highest BCUT2D eigenvalue weighted by Gasteiger charge is 2.00. The molecule has 0 aliphatic carbocycles. The zero-order valence-corrected chi connectivity index (χ0v) is 12.0. The van der Waals surface area contributed by atoms with Gasteiger partial charge in [0, 0.05) is 19.3 Å². The van der Waals surface area contributed by atoms with Crippen LogP contribution in [0.5, 0.6) is 0 Å². The molecule has 0 radical (unpaired) electrons. The Morgan fingerprint density at radius 2 is 1.79 bits per heavy atom. The normalized spacial score (nSPS) is 10.9. The second-order valence-corrected chi connectivity index (χ2v) is 5.27. The van der Waals surface area contributed by atoms with Gasteiger partial charge in [-0.3, -0.25) is 4.98 Å². The zero-order valence-electron chi connectivity index (χ0n) is 12.0. The molecule has 2 rings (SSSR count). The molecule has 0 spiro atoms. The molecular weight excluding hydrogens is 232 g/mol. The van der Waals surface area contributed by atoms with E-state index in [4.69, 9.17) is 0 Å². The summed E-state index contributed by atoms with van der Waals surface area (Å²) in [5.41, 5.74) is 5.08. The number of rotatable bonds is 5. The largest absolute Gasteiger partial charge is 0.307 e. The van der Waals surface area contributed by atoms with E-state index in [0.29, 0.717) is 5.92 Å². The van der Waals surface area contributed by atoms with E-state index in [1.807, 2.05) is 12.3 Å². The first-order valence-corrected chi connectivity index (χ1v) is 6.87. The summed E-state index contributed by atoms with van der Waals surface area (Å²) < 4.78 is 0. The number of nitrogens with one attached hydrogen (secondary N) is 1. The van der Waals surface area contributed by atoms with Gasteiger partial charge in [-0.1, -0.05) is 44.2 Å². The molecule has 0 atom stereocenters. The Labute approximate surface area is 115 Å². The van der Waals surface area contributed by atoms with E-state index in [1.54, 1.807) is 0 Å². The van der Waals surface area contributed by atoms with Crippen LogP contribution < -0.4 is 5.32 Å². The summed E-state index contributed by atoms with van der Waals surface area (Å²) in [6.07, 6.45) is 1.85. The minimum absolute atomic E-state index is 0.596. The van der Waals surface area contributed by atoms with Crippen molar-refractivity contribution in [3.8, 4) is 0 Å². The molecule has 2 nitrogen and oxygen atoms in total. The van der Waals surface area contributed by atoms with E-state index in [-0.39, 0.29) is 0 Å². The van der Waals surface area contributed by atoms with Crippen LogP contribution in [0, 0.1) is 6.92 Å². The maximum atomic E-state index is 4.38. The number of nitrogens with zero attached hydrogens (tertiary/aromatic N) is 1. The van der Waals surface area contributed by atoms with Crippen LogP contribution >= 0.6 is 0 Å². The van der Waals surface area contributed by atoms with Crippen LogP contribution in [0.1, 0.15) is 42.1 Å². The summed E-state index contributed by atoms with van der Waals surface area (Å²) in [5, 5.41) is 3.44. The van der Waals surface area contributed by atoms with Crippen LogP contribution in [-0.4, -0.2) is 4.98 Å². The molecule has 0 amide bonds. The second-order valence-electron chi connectivity index (χ2n) is 5.27. The van der Waals surface area contributed by atoms with Crippen LogP contribution in [0.2, 0.25) is 0 Å². The lowest BCUT2D eigenvalue weighted by Crippen LogP contribution is -2.14. The van der Waals surface area contributed by atoms with Crippen LogP contribution in [0.15, 0.2) is 42.6 Å². The molecule has 0 aliphatic rings. The third-order valence-electron chi connectivity index (χ3n) is 3.39. The molecule has 0 fully saturated rings. The molecule has 2 heteroatoms. The van der Waals surface area contributed by atoms with Gasteiger partial charge in [-0.2, -0.15) is 0 Å². The van der Waals surface area contributed by atoms with Crippen molar-refractivity contribution < 1.29 is 0 Å². The first-order valence-electron chi connectivity index (χ1n) is 6.87. The van der Waals surface area contributed by atoms with Crippen molar-refractivity contribution in [1.29, 1.82) is 0 Å². The summed E-state index contributed by atoms with van der Waals surface area (Å²) >= 11 is 0. The highest BCUT2D eigenvalue weighted by atomic mass is 14.9. The van der Waals surface area contributed by atoms with Crippen molar-refractivity contribution in [2.75, 3.05) is 0 Å². The van der Waals surface area contributed by atoms with Gasteiger partial charge in [-0.25, -0.2) is 0 Å². The molecule has 1 N–H and O–H groups in total. The second kappa shape index (κ2) is 6.48. The van der Waals surface area contributed by atoms with Crippen molar-refractivity contribution in [2.24, 2.45) is 0 Å². The topological polar surface area (TPSA) is 24.9 Å². The Morgan fingerprint density at radius 1 is 1.05 bits per heavy atom. The van der Waals surface area contributed by atoms with Gasteiger partial charge in [0.05, 0.1) is 5.69 Å². The summed E-state index contributed by atoms with van der Waals surface area (Å²) in [4.78, 5) is 4.38. The first kappa shape index (κ1) is 13.8. The van der Waals surface area contributed by atoms with Crippen molar-refractivity contribution in [1.82, 2.24) is 10.3 Å². The molecule has 0 saturated carbocycles. The van der Waals surface area contributed by atoms with E-state index in [1.165, 1.54) is 16.7 Å². The fourth-order valence-electron chi connectivity index (χ4n) is 2.05. The molecule has 1 aromatic carbocycles. The van der Waals surface area contributed by atoms with E-state index in [2.05, 4.69) is 61.4 Å². The number of aryl methyl sites for hydroxylation is 1. The Bertz CT molecular complexity index is 515. The number of aromatic nitrogens is 1. The molecule has 19 heavy (non-hydrogen) atoms. The predicted molar refractivity (Wildman–Crippen MR) is 80.0 cm³/mol. The van der Waals surface area contributed by atoms with Crippen LogP contribution in [0.4, 0.5) is 0 Å². The SMILES string of the molecule is Cc1cccnc1CNCc1ccc(C(C)C)cc1. The third-order valence-corrected chi connectivity index (χ3v) is 3.39. The number of pyridine rings is 1. The van der Waals surface area contributed by atoms with Gasteiger partial charge >= 0.3 is 0 Å². The average molecular weight is 254 g/mol. The highest BCUT2D eigenvalue weighted by Crippen LogP contribution is 2.14. The van der Waals surface area contributed by atoms with Gasteiger partial charge in [-0.15, -0.1) is 0 Å². The molecular formula is C17H22N2. The van der Waals surface area contributed by atoms with Crippen LogP contribution in [0.3, 0.4) is 0 Å². The fraction of sp³-hybridized carbons (Fsp3) is 0.353. The zero-order chi connectivity index (χ0) is 13.7. The van der Waals surface area contributed by atoms with Crippen molar-refractivity contribution >= 4 is 0 Å². The molecule has 100 valence electrons. The minimum atomic E-state index is 0.596. The Hall–Kier alpha value is -1.67. The lowest BCUT2D eigenvalue weighted by Gasteiger charge is -2.09. The Kier molecular flexibility index (Phi) is 4.69. The predicted octanol–water partition coefficient (Wildman–Crippen LogP) is 3.80. The lowest BCUT2D eigenvalue weighted by molar-refractivity contribution is 0.676. The smallest absolute Gasteiger partial charge is 0.0570 e. The highest BCUT2D eigenvalue weighted by molar-refractivity contribution is 5.24. The fourth-order valence-corrected chi connectivity index (χ4v) is 2.05. The molecule has 0 unspecified atom stereocenters. The summed E-state index contributed by atoms with van der Waals surface area (Å²) in [5.74, 6) is 0.596. The van der Waals surface area contributed by atoms with Gasteiger partial charge in [0.25, 0.3) is 0 Å². The van der Waals surface area contributed by atoms with Gasteiger partial charge < -0.3 is 5.32 Å². The molecule has 0 saturated heterocycles. The minimum Gasteiger partial charge on any atom is -0.307 e. The number of hydrogen-bond donors (Lipinski definition) is 1. The van der Waals surface area contributed by atoms with Crippen molar-refractivity contribution in [3.63, 3.8) is 0 Å². The first-order chi connectivity index (χ1) is 9.16. The van der Waals surface area contributed by atoms with Gasteiger partial charge in [0.1, 0.15) is 0 Å². The van der Waals surface area contributed by atoms with Gasteiger partial charge in [0.15, 0.2) is 0 Å². The number of hydrogen-bond acceptors (Lipinski definition) is 2. The quantitative estimate of drug-likeness (QED) is 0.877. The third kappa shape index (κ3) is 3.90. The molecule has 1 aromatic heterocycles. The summed E-state index contributed by atoms with van der Waals surface area (Å²) in [7, 11) is 0. The standard InChI is InChI=1S/C17H22N2/c1-13(2)16-8-6-15(7-9-16)11-18-12-17-14(3)5-4-10-19-17/h4-10,13,18H,11-12H2,1-3H3. The van der Waals surface area contributed by atoms with Crippen molar-refractivity contribution in [3.05, 3.63) is 65.0 Å². The maximum absolute atomic E-state index is 4.38. The molecule has 1 heterocycles. The Morgan fingerprint density at radius 3 is 2.42 bits per heavy atom. The number of benzene rings is 1. The Balaban J connectivity index is 1.87. The van der Waals surface area contributed by atoms with E-state index in [0.717, 1.165) is 18.8 Å². The van der Waals surface area contributed by atoms with E-state index in [9.17, 15) is 0 Å². The molecule has 0 bridgehead atoms. The maximum Gasteiger partial charge on any atom is 0.0570 e. The molecule has 0 aliphatic heterocycles. The lowest BCUT2D eigenvalue weighted by atomic mass is 10.0. The van der Waals surface area contributed by atoms with E-state index >= 15 is 0 Å². The summed E-state index contributed by atoms with van der Waals surface area (Å²) in [6, 6.07) is 12.9. The van der Waals surface area contributed by atoms with Crippen LogP contribution in [-0.2, 0) is 13.1 Å². The summed E-state index contributed by atoms with van der Waals surface area (Å²) in [6.45, 7) is 8.24. The average Bonchev–Trinajstić information content (AvgIpc) is 2.41. The van der Waals surface area contributed by atoms with E-state index < -0.39 is 0 Å². The van der Waals surface area contributed by atoms with Crippen molar-refractivity contribution in [2.45, 2.75) is 39.8 Å². The van der Waals surface area contributed by atoms with Gasteiger partial charge in [-0.05, 0) is 35.6 Å². The monoisotopic (exact) mass is 254 g/mol. The van der Waals surface area contributed by atoms with Crippen LogP contribution in [0.25, 0.3) is 0 Å². The molecule has 2 aromatic rings.